The predicted molar refractivity (Wildman–Crippen MR) is 88.4 cm³/mol. The highest BCUT2D eigenvalue weighted by atomic mass is 35.5. The summed E-state index contributed by atoms with van der Waals surface area (Å²) in [4.78, 5) is 32.3. The monoisotopic (exact) mass is 344 g/mol. The van der Waals surface area contributed by atoms with E-state index in [-0.39, 0.29) is 17.9 Å². The zero-order valence-corrected chi connectivity index (χ0v) is 14.7. The van der Waals surface area contributed by atoms with E-state index in [1.165, 1.54) is 6.20 Å². The lowest BCUT2D eigenvalue weighted by Gasteiger charge is -2.29. The number of likely N-dealkylation sites (tertiary alicyclic amines) is 1. The molecule has 0 aromatic carbocycles. The van der Waals surface area contributed by atoms with Gasteiger partial charge in [0.2, 0.25) is 5.91 Å². The lowest BCUT2D eigenvalue weighted by molar-refractivity contribution is -0.135. The molecule has 0 aliphatic carbocycles. The molecule has 3 N–H and O–H groups in total. The van der Waals surface area contributed by atoms with Gasteiger partial charge in [0.05, 0.1) is 12.2 Å². The van der Waals surface area contributed by atoms with Crippen LogP contribution in [0.5, 0.6) is 0 Å². The first-order valence-electron chi connectivity index (χ1n) is 7.90. The fraction of sp³-hybridized carbons (Fsp3) is 0.667. The molecule has 2 unspecified atom stereocenters. The summed E-state index contributed by atoms with van der Waals surface area (Å²) in [6, 6.07) is -0.935. The van der Waals surface area contributed by atoms with Gasteiger partial charge in [-0.2, -0.15) is 0 Å². The standard InChI is InChI=1S/C13H19ClN4O3.C2H6/c1-7(2)10(17-13(20)21)12(19)18-5-3-4-8(18)11-15-6-9(14)16-11;1-2/h6-8,10,17H,3-5H2,1-2H3,(H,15,16)(H,20,21);1-2H3. The van der Waals surface area contributed by atoms with Crippen LogP contribution < -0.4 is 5.32 Å². The van der Waals surface area contributed by atoms with E-state index >= 15 is 0 Å². The number of amides is 2. The Balaban J connectivity index is 0.00000127. The number of nitrogens with zero attached hydrogens (tertiary/aromatic N) is 2. The molecule has 2 rings (SSSR count). The third kappa shape index (κ3) is 4.86. The van der Waals surface area contributed by atoms with Gasteiger partial charge in [-0.05, 0) is 18.8 Å². The van der Waals surface area contributed by atoms with Crippen molar-refractivity contribution in [3.63, 3.8) is 0 Å². The van der Waals surface area contributed by atoms with E-state index < -0.39 is 12.1 Å². The Bertz CT molecular complexity index is 533. The Morgan fingerprint density at radius 1 is 1.48 bits per heavy atom. The summed E-state index contributed by atoms with van der Waals surface area (Å²) in [5, 5.41) is 11.6. The third-order valence-electron chi connectivity index (χ3n) is 3.63. The van der Waals surface area contributed by atoms with Crippen molar-refractivity contribution < 1.29 is 14.7 Å². The molecular formula is C15H25ClN4O3. The molecule has 130 valence electrons. The summed E-state index contributed by atoms with van der Waals surface area (Å²) in [6.07, 6.45) is 1.95. The normalized spacial score (nSPS) is 18.3. The molecule has 7 nitrogen and oxygen atoms in total. The number of aromatic amines is 1. The molecule has 8 heteroatoms. The second-order valence-electron chi connectivity index (χ2n) is 5.48. The molecule has 1 fully saturated rings. The maximum Gasteiger partial charge on any atom is 0.405 e. The first kappa shape index (κ1) is 19.3. The average Bonchev–Trinajstić information content (AvgIpc) is 3.14. The number of carbonyl (C=O) groups is 2. The SMILES string of the molecule is CC.CC(C)C(NC(=O)O)C(=O)N1CCCC1c1ncc(Cl)[nH]1. The Kier molecular flexibility index (Phi) is 7.35. The van der Waals surface area contributed by atoms with E-state index in [1.54, 1.807) is 4.90 Å². The molecule has 2 atom stereocenters. The number of hydrogen-bond acceptors (Lipinski definition) is 3. The van der Waals surface area contributed by atoms with Crippen LogP contribution in [0.15, 0.2) is 6.20 Å². The molecule has 0 bridgehead atoms. The Morgan fingerprint density at radius 3 is 2.61 bits per heavy atom. The van der Waals surface area contributed by atoms with E-state index in [9.17, 15) is 9.59 Å². The van der Waals surface area contributed by atoms with Crippen molar-refractivity contribution in [1.29, 1.82) is 0 Å². The molecule has 1 aromatic heterocycles. The maximum absolute atomic E-state index is 12.6. The molecule has 2 heterocycles. The average molecular weight is 345 g/mol. The van der Waals surface area contributed by atoms with Crippen LogP contribution in [0.3, 0.4) is 0 Å². The van der Waals surface area contributed by atoms with E-state index in [4.69, 9.17) is 16.7 Å². The molecule has 0 radical (unpaired) electrons. The minimum Gasteiger partial charge on any atom is -0.465 e. The van der Waals surface area contributed by atoms with Crippen molar-refractivity contribution >= 4 is 23.6 Å². The number of aromatic nitrogens is 2. The van der Waals surface area contributed by atoms with Crippen LogP contribution in [-0.2, 0) is 4.79 Å². The number of halogens is 1. The Morgan fingerprint density at radius 2 is 2.13 bits per heavy atom. The van der Waals surface area contributed by atoms with Crippen LogP contribution in [0, 0.1) is 5.92 Å². The van der Waals surface area contributed by atoms with Gasteiger partial charge < -0.3 is 20.3 Å². The van der Waals surface area contributed by atoms with Crippen LogP contribution in [0.25, 0.3) is 0 Å². The Hall–Kier alpha value is -1.76. The summed E-state index contributed by atoms with van der Waals surface area (Å²) in [5.41, 5.74) is 0. The van der Waals surface area contributed by atoms with Crippen LogP contribution in [0.4, 0.5) is 4.79 Å². The number of H-pyrrole nitrogens is 1. The molecule has 2 amide bonds. The van der Waals surface area contributed by atoms with E-state index in [2.05, 4.69) is 15.3 Å². The molecule has 23 heavy (non-hydrogen) atoms. The zero-order valence-electron chi connectivity index (χ0n) is 14.0. The van der Waals surface area contributed by atoms with Gasteiger partial charge >= 0.3 is 6.09 Å². The van der Waals surface area contributed by atoms with Crippen LogP contribution in [0.2, 0.25) is 5.15 Å². The van der Waals surface area contributed by atoms with Crippen molar-refractivity contribution in [3.05, 3.63) is 17.2 Å². The number of carboxylic acid groups (broad SMARTS) is 1. The van der Waals surface area contributed by atoms with Crippen molar-refractivity contribution in [2.75, 3.05) is 6.54 Å². The smallest absolute Gasteiger partial charge is 0.405 e. The lowest BCUT2D eigenvalue weighted by atomic mass is 10.0. The van der Waals surface area contributed by atoms with E-state index in [0.29, 0.717) is 17.5 Å². The van der Waals surface area contributed by atoms with Crippen LogP contribution in [-0.4, -0.2) is 44.6 Å². The molecule has 0 saturated carbocycles. The highest BCUT2D eigenvalue weighted by molar-refractivity contribution is 6.29. The van der Waals surface area contributed by atoms with E-state index in [1.807, 2.05) is 27.7 Å². The van der Waals surface area contributed by atoms with Crippen molar-refractivity contribution in [2.24, 2.45) is 5.92 Å². The van der Waals surface area contributed by atoms with E-state index in [0.717, 1.165) is 12.8 Å². The summed E-state index contributed by atoms with van der Waals surface area (Å²) in [7, 11) is 0. The fourth-order valence-electron chi connectivity index (χ4n) is 2.62. The minimum absolute atomic E-state index is 0.130. The first-order valence-corrected chi connectivity index (χ1v) is 8.28. The minimum atomic E-state index is -1.20. The highest BCUT2D eigenvalue weighted by Gasteiger charge is 2.37. The van der Waals surface area contributed by atoms with Crippen molar-refractivity contribution in [2.45, 2.75) is 52.6 Å². The second kappa shape index (κ2) is 8.76. The molecule has 0 spiro atoms. The predicted octanol–water partition coefficient (Wildman–Crippen LogP) is 3.05. The summed E-state index contributed by atoms with van der Waals surface area (Å²) < 4.78 is 0. The summed E-state index contributed by atoms with van der Waals surface area (Å²) in [6.45, 7) is 8.22. The van der Waals surface area contributed by atoms with Gasteiger partial charge in [0.1, 0.15) is 17.0 Å². The van der Waals surface area contributed by atoms with Crippen LogP contribution >= 0.6 is 11.6 Å². The largest absolute Gasteiger partial charge is 0.465 e. The van der Waals surface area contributed by atoms with Gasteiger partial charge in [-0.15, -0.1) is 0 Å². The molecule has 1 aliphatic heterocycles. The number of rotatable bonds is 4. The number of hydrogen-bond donors (Lipinski definition) is 3. The molecule has 1 aromatic rings. The second-order valence-corrected chi connectivity index (χ2v) is 5.88. The maximum atomic E-state index is 12.6. The van der Waals surface area contributed by atoms with Gasteiger partial charge in [0.25, 0.3) is 0 Å². The van der Waals surface area contributed by atoms with Crippen molar-refractivity contribution in [1.82, 2.24) is 20.2 Å². The fourth-order valence-corrected chi connectivity index (χ4v) is 2.77. The van der Waals surface area contributed by atoms with Crippen LogP contribution in [0.1, 0.15) is 52.4 Å². The van der Waals surface area contributed by atoms with Crippen molar-refractivity contribution in [3.8, 4) is 0 Å². The summed E-state index contributed by atoms with van der Waals surface area (Å²) >= 11 is 5.84. The molecule has 1 aliphatic rings. The van der Waals surface area contributed by atoms with Gasteiger partial charge in [-0.1, -0.05) is 39.3 Å². The van der Waals surface area contributed by atoms with Gasteiger partial charge in [0, 0.05) is 6.54 Å². The van der Waals surface area contributed by atoms with Gasteiger partial charge in [0.15, 0.2) is 0 Å². The third-order valence-corrected chi connectivity index (χ3v) is 3.82. The van der Waals surface area contributed by atoms with Gasteiger partial charge in [-0.3, -0.25) is 4.79 Å². The number of carbonyl (C=O) groups excluding carboxylic acids is 1. The zero-order chi connectivity index (χ0) is 17.6. The molecular weight excluding hydrogens is 320 g/mol. The number of nitrogens with one attached hydrogen (secondary N) is 2. The highest BCUT2D eigenvalue weighted by Crippen LogP contribution is 2.31. The quantitative estimate of drug-likeness (QED) is 0.781. The molecule has 1 saturated heterocycles. The number of imidazole rings is 1. The Labute approximate surface area is 141 Å². The lowest BCUT2D eigenvalue weighted by Crippen LogP contribution is -2.50. The first-order chi connectivity index (χ1) is 10.9. The summed E-state index contributed by atoms with van der Waals surface area (Å²) in [5.74, 6) is 0.293. The van der Waals surface area contributed by atoms with Gasteiger partial charge in [-0.25, -0.2) is 9.78 Å². The topological polar surface area (TPSA) is 98.3 Å².